The number of nitrogens with zero attached hydrogens (tertiary/aromatic N) is 1. The molecule has 2 aromatic rings. The quantitative estimate of drug-likeness (QED) is 0.884. The zero-order valence-electron chi connectivity index (χ0n) is 12.2. The van der Waals surface area contributed by atoms with Crippen molar-refractivity contribution in [1.82, 2.24) is 4.98 Å². The van der Waals surface area contributed by atoms with Gasteiger partial charge >= 0.3 is 5.97 Å². The number of pyridine rings is 1. The Morgan fingerprint density at radius 3 is 2.76 bits per heavy atom. The normalized spacial score (nSPS) is 17.6. The van der Waals surface area contributed by atoms with Gasteiger partial charge in [0.1, 0.15) is 0 Å². The van der Waals surface area contributed by atoms with E-state index < -0.39 is 11.4 Å². The van der Waals surface area contributed by atoms with Crippen molar-refractivity contribution in [2.45, 2.75) is 26.2 Å². The number of hydrogen-bond donors (Lipinski definition) is 2. The Morgan fingerprint density at radius 2 is 2.14 bits per heavy atom. The third kappa shape index (κ3) is 2.40. The molecular weight excluding hydrogens is 264 g/mol. The maximum atomic E-state index is 11.9. The zero-order chi connectivity index (χ0) is 15.0. The molecule has 1 aromatic heterocycles. The minimum atomic E-state index is -0.837. The number of fused-ring (bicyclic) bond motifs is 1. The number of aliphatic carboxylic acids is 1. The van der Waals surface area contributed by atoms with Gasteiger partial charge in [0.2, 0.25) is 0 Å². The predicted octanol–water partition coefficient (Wildman–Crippen LogP) is 2.53. The van der Waals surface area contributed by atoms with Crippen molar-refractivity contribution in [3.63, 3.8) is 0 Å². The number of aryl methyl sites for hydroxylation is 1. The molecule has 3 N–H and O–H groups in total. The van der Waals surface area contributed by atoms with Crippen LogP contribution in [0.4, 0.5) is 0 Å². The van der Waals surface area contributed by atoms with Crippen LogP contribution in [0.1, 0.15) is 24.1 Å². The Kier molecular flexibility index (Phi) is 3.41. The fourth-order valence-electron chi connectivity index (χ4n) is 3.24. The molecule has 4 nitrogen and oxygen atoms in total. The number of rotatable bonds is 5. The topological polar surface area (TPSA) is 76.2 Å². The van der Waals surface area contributed by atoms with Crippen LogP contribution in [0.25, 0.3) is 10.9 Å². The first-order valence-corrected chi connectivity index (χ1v) is 7.35. The van der Waals surface area contributed by atoms with Gasteiger partial charge in [0.25, 0.3) is 0 Å². The van der Waals surface area contributed by atoms with Crippen LogP contribution < -0.4 is 5.73 Å². The monoisotopic (exact) mass is 284 g/mol. The van der Waals surface area contributed by atoms with Crippen LogP contribution in [-0.2, 0) is 11.2 Å². The highest BCUT2D eigenvalue weighted by Crippen LogP contribution is 2.47. The number of aromatic nitrogens is 1. The summed E-state index contributed by atoms with van der Waals surface area (Å²) in [6.45, 7) is 2.13. The van der Waals surface area contributed by atoms with Crippen LogP contribution in [0.15, 0.2) is 30.3 Å². The Balaban J connectivity index is 2.09. The lowest BCUT2D eigenvalue weighted by atomic mass is 9.76. The first-order chi connectivity index (χ1) is 10.1. The fourth-order valence-corrected chi connectivity index (χ4v) is 3.24. The summed E-state index contributed by atoms with van der Waals surface area (Å²) in [5, 5.41) is 10.8. The highest BCUT2D eigenvalue weighted by Gasteiger charge is 2.50. The van der Waals surface area contributed by atoms with Gasteiger partial charge in [-0.05, 0) is 49.8 Å². The van der Waals surface area contributed by atoms with Gasteiger partial charge in [-0.1, -0.05) is 18.2 Å². The average molecular weight is 284 g/mol. The molecular formula is C17H20N2O2. The molecule has 0 saturated heterocycles. The van der Waals surface area contributed by atoms with Crippen LogP contribution in [0.3, 0.4) is 0 Å². The average Bonchev–Trinajstić information content (AvgIpc) is 3.29. The molecule has 4 heteroatoms. The van der Waals surface area contributed by atoms with Crippen molar-refractivity contribution < 1.29 is 9.90 Å². The van der Waals surface area contributed by atoms with Gasteiger partial charge in [-0.3, -0.25) is 9.78 Å². The highest BCUT2D eigenvalue weighted by atomic mass is 16.4. The van der Waals surface area contributed by atoms with E-state index in [1.165, 1.54) is 0 Å². The van der Waals surface area contributed by atoms with Gasteiger partial charge < -0.3 is 10.8 Å². The van der Waals surface area contributed by atoms with E-state index >= 15 is 0 Å². The summed E-state index contributed by atoms with van der Waals surface area (Å²) in [5.41, 5.74) is 7.92. The lowest BCUT2D eigenvalue weighted by molar-refractivity contribution is -0.149. The summed E-state index contributed by atoms with van der Waals surface area (Å²) in [6.07, 6.45) is 2.41. The molecule has 1 saturated carbocycles. The standard InChI is InChI=1S/C17H20N2O2/c1-11-8-12(14-4-2-3-5-15(14)19-11)9-17(10-18,16(20)21)13-6-7-13/h2-5,8,13H,6-7,9-10,18H2,1H3,(H,20,21). The Labute approximate surface area is 124 Å². The van der Waals surface area contributed by atoms with Gasteiger partial charge in [-0.15, -0.1) is 0 Å². The summed E-state index contributed by atoms with van der Waals surface area (Å²) >= 11 is 0. The second kappa shape index (κ2) is 5.11. The predicted molar refractivity (Wildman–Crippen MR) is 82.0 cm³/mol. The van der Waals surface area contributed by atoms with E-state index in [1.807, 2.05) is 37.3 Å². The molecule has 1 aromatic carbocycles. The third-order valence-electron chi connectivity index (χ3n) is 4.58. The van der Waals surface area contributed by atoms with E-state index in [2.05, 4.69) is 4.98 Å². The van der Waals surface area contributed by atoms with Gasteiger partial charge in [0, 0.05) is 17.6 Å². The molecule has 0 amide bonds. The van der Waals surface area contributed by atoms with E-state index in [1.54, 1.807) is 0 Å². The van der Waals surface area contributed by atoms with Crippen molar-refractivity contribution in [3.05, 3.63) is 41.6 Å². The summed E-state index contributed by atoms with van der Waals surface area (Å²) < 4.78 is 0. The number of benzene rings is 1. The number of nitrogens with two attached hydrogens (primary N) is 1. The van der Waals surface area contributed by atoms with Gasteiger partial charge in [-0.2, -0.15) is 0 Å². The van der Waals surface area contributed by atoms with Crippen LogP contribution in [0.5, 0.6) is 0 Å². The number of carboxylic acids is 1. The second-order valence-corrected chi connectivity index (χ2v) is 6.06. The zero-order valence-corrected chi connectivity index (χ0v) is 12.2. The maximum Gasteiger partial charge on any atom is 0.311 e. The summed E-state index contributed by atoms with van der Waals surface area (Å²) in [6, 6.07) is 9.89. The fraction of sp³-hybridized carbons (Fsp3) is 0.412. The Bertz CT molecular complexity index is 694. The van der Waals surface area contributed by atoms with E-state index in [9.17, 15) is 9.90 Å². The molecule has 0 spiro atoms. The first kappa shape index (κ1) is 14.0. The van der Waals surface area contributed by atoms with Gasteiger partial charge in [0.05, 0.1) is 10.9 Å². The van der Waals surface area contributed by atoms with Crippen molar-refractivity contribution in [2.75, 3.05) is 6.54 Å². The molecule has 0 radical (unpaired) electrons. The summed E-state index contributed by atoms with van der Waals surface area (Å²) in [7, 11) is 0. The SMILES string of the molecule is Cc1cc(CC(CN)(C(=O)O)C2CC2)c2ccccc2n1. The molecule has 0 bridgehead atoms. The maximum absolute atomic E-state index is 11.9. The van der Waals surface area contributed by atoms with E-state index in [0.717, 1.165) is 35.0 Å². The largest absolute Gasteiger partial charge is 0.481 e. The minimum Gasteiger partial charge on any atom is -0.481 e. The smallest absolute Gasteiger partial charge is 0.311 e. The second-order valence-electron chi connectivity index (χ2n) is 6.06. The molecule has 1 unspecified atom stereocenters. The van der Waals surface area contributed by atoms with E-state index in [4.69, 9.17) is 5.73 Å². The number of carbonyl (C=O) groups is 1. The van der Waals surface area contributed by atoms with E-state index in [0.29, 0.717) is 6.42 Å². The molecule has 1 atom stereocenters. The molecule has 110 valence electrons. The van der Waals surface area contributed by atoms with Gasteiger partial charge in [0.15, 0.2) is 0 Å². The summed E-state index contributed by atoms with van der Waals surface area (Å²) in [5.74, 6) is -0.571. The van der Waals surface area contributed by atoms with Crippen LogP contribution in [0, 0.1) is 18.3 Å². The Hall–Kier alpha value is -1.94. The molecule has 3 rings (SSSR count). The van der Waals surface area contributed by atoms with Crippen LogP contribution >= 0.6 is 0 Å². The number of carboxylic acid groups (broad SMARTS) is 1. The molecule has 0 aliphatic heterocycles. The number of hydrogen-bond acceptors (Lipinski definition) is 3. The lowest BCUT2D eigenvalue weighted by Gasteiger charge is -2.28. The van der Waals surface area contributed by atoms with Crippen molar-refractivity contribution in [1.29, 1.82) is 0 Å². The first-order valence-electron chi connectivity index (χ1n) is 7.35. The molecule has 1 fully saturated rings. The van der Waals surface area contributed by atoms with Crippen molar-refractivity contribution in [3.8, 4) is 0 Å². The van der Waals surface area contributed by atoms with Crippen LogP contribution in [0.2, 0.25) is 0 Å². The number of para-hydroxylation sites is 1. The Morgan fingerprint density at radius 1 is 1.43 bits per heavy atom. The lowest BCUT2D eigenvalue weighted by Crippen LogP contribution is -2.42. The molecule has 1 aliphatic rings. The van der Waals surface area contributed by atoms with Crippen LogP contribution in [-0.4, -0.2) is 22.6 Å². The highest BCUT2D eigenvalue weighted by molar-refractivity contribution is 5.84. The summed E-state index contributed by atoms with van der Waals surface area (Å²) in [4.78, 5) is 16.4. The molecule has 1 aliphatic carbocycles. The van der Waals surface area contributed by atoms with Crippen molar-refractivity contribution in [2.24, 2.45) is 17.1 Å². The third-order valence-corrected chi connectivity index (χ3v) is 4.58. The van der Waals surface area contributed by atoms with Crippen molar-refractivity contribution >= 4 is 16.9 Å². The van der Waals surface area contributed by atoms with E-state index in [-0.39, 0.29) is 12.5 Å². The minimum absolute atomic E-state index is 0.183. The molecule has 21 heavy (non-hydrogen) atoms. The molecule has 1 heterocycles. The van der Waals surface area contributed by atoms with Gasteiger partial charge in [-0.25, -0.2) is 0 Å².